The van der Waals surface area contributed by atoms with E-state index in [1.54, 1.807) is 36.4 Å². The number of amides is 3. The maximum Gasteiger partial charge on any atom is 0.256 e. The zero-order chi connectivity index (χ0) is 20.5. The van der Waals surface area contributed by atoms with Gasteiger partial charge in [0, 0.05) is 12.1 Å². The summed E-state index contributed by atoms with van der Waals surface area (Å²) in [5.41, 5.74) is 1.66. The lowest BCUT2D eigenvalue weighted by Gasteiger charge is -2.24. The molecule has 0 saturated carbocycles. The van der Waals surface area contributed by atoms with Gasteiger partial charge in [-0.15, -0.1) is 0 Å². The van der Waals surface area contributed by atoms with Crippen molar-refractivity contribution in [2.24, 2.45) is 0 Å². The molecule has 0 aliphatic carbocycles. The summed E-state index contributed by atoms with van der Waals surface area (Å²) < 4.78 is 14.2. The number of hydrogen-bond acceptors (Lipinski definition) is 4. The number of nitrogens with one attached hydrogen (secondary N) is 2. The molecule has 8 heteroatoms. The van der Waals surface area contributed by atoms with Gasteiger partial charge in [-0.05, 0) is 36.4 Å². The van der Waals surface area contributed by atoms with Gasteiger partial charge in [0.05, 0.1) is 23.0 Å². The van der Waals surface area contributed by atoms with Crippen LogP contribution in [0.2, 0.25) is 0 Å². The SMILES string of the molecule is CSCC(=O)N[C@@H]1CCN2C(=O)c3cc(-c4ccccc4F)ccc3NC(=O)[C@H]12. The average molecular weight is 413 g/mol. The van der Waals surface area contributed by atoms with Crippen LogP contribution in [0.3, 0.4) is 0 Å². The summed E-state index contributed by atoms with van der Waals surface area (Å²) in [6.45, 7) is 0.366. The van der Waals surface area contributed by atoms with Gasteiger partial charge in [0.25, 0.3) is 5.91 Å². The predicted octanol–water partition coefficient (Wildman–Crippen LogP) is 2.51. The number of anilines is 1. The molecule has 0 radical (unpaired) electrons. The summed E-state index contributed by atoms with van der Waals surface area (Å²) in [6, 6.07) is 10.1. The van der Waals surface area contributed by atoms with Gasteiger partial charge in [0.2, 0.25) is 11.8 Å². The minimum atomic E-state index is -0.766. The molecule has 3 amide bonds. The highest BCUT2D eigenvalue weighted by atomic mass is 32.2. The van der Waals surface area contributed by atoms with Crippen molar-refractivity contribution in [2.45, 2.75) is 18.5 Å². The van der Waals surface area contributed by atoms with Crippen LogP contribution in [0.15, 0.2) is 42.5 Å². The van der Waals surface area contributed by atoms with Gasteiger partial charge < -0.3 is 15.5 Å². The van der Waals surface area contributed by atoms with E-state index in [0.717, 1.165) is 0 Å². The molecule has 1 saturated heterocycles. The van der Waals surface area contributed by atoms with Crippen molar-refractivity contribution < 1.29 is 18.8 Å². The number of thioether (sulfide) groups is 1. The average Bonchev–Trinajstić information content (AvgIpc) is 3.07. The topological polar surface area (TPSA) is 78.5 Å². The first kappa shape index (κ1) is 19.4. The molecule has 150 valence electrons. The minimum absolute atomic E-state index is 0.159. The second kappa shape index (κ2) is 7.87. The number of fused-ring (bicyclic) bond motifs is 2. The molecule has 2 atom stereocenters. The molecule has 0 spiro atoms. The van der Waals surface area contributed by atoms with Gasteiger partial charge in [-0.3, -0.25) is 14.4 Å². The number of rotatable bonds is 4. The maximum atomic E-state index is 14.2. The van der Waals surface area contributed by atoms with Crippen molar-refractivity contribution in [2.75, 3.05) is 23.9 Å². The van der Waals surface area contributed by atoms with Crippen molar-refractivity contribution in [3.05, 3.63) is 53.8 Å². The fourth-order valence-corrected chi connectivity index (χ4v) is 4.28. The summed E-state index contributed by atoms with van der Waals surface area (Å²) in [5, 5.41) is 5.67. The van der Waals surface area contributed by atoms with Crippen molar-refractivity contribution >= 4 is 35.2 Å². The van der Waals surface area contributed by atoms with Gasteiger partial charge >= 0.3 is 0 Å². The van der Waals surface area contributed by atoms with Crippen LogP contribution in [0.25, 0.3) is 11.1 Å². The molecular weight excluding hydrogens is 393 g/mol. The first-order chi connectivity index (χ1) is 14.0. The Morgan fingerprint density at radius 3 is 2.79 bits per heavy atom. The number of carbonyl (C=O) groups is 3. The van der Waals surface area contributed by atoms with E-state index in [2.05, 4.69) is 10.6 Å². The summed E-state index contributed by atoms with van der Waals surface area (Å²) in [5.74, 6) is -0.877. The van der Waals surface area contributed by atoms with Gasteiger partial charge in [-0.25, -0.2) is 4.39 Å². The van der Waals surface area contributed by atoms with Gasteiger partial charge in [-0.2, -0.15) is 11.8 Å². The lowest BCUT2D eigenvalue weighted by molar-refractivity contribution is -0.122. The van der Waals surface area contributed by atoms with E-state index in [-0.39, 0.29) is 23.5 Å². The Labute approximate surface area is 171 Å². The third-order valence-electron chi connectivity index (χ3n) is 5.24. The second-order valence-corrected chi connectivity index (χ2v) is 7.93. The van der Waals surface area contributed by atoms with Crippen LogP contribution >= 0.6 is 11.8 Å². The van der Waals surface area contributed by atoms with Crippen LogP contribution in [-0.4, -0.2) is 53.3 Å². The smallest absolute Gasteiger partial charge is 0.256 e. The van der Waals surface area contributed by atoms with Gasteiger partial charge in [0.1, 0.15) is 11.9 Å². The summed E-state index contributed by atoms with van der Waals surface area (Å²) in [6.07, 6.45) is 2.33. The Morgan fingerprint density at radius 1 is 1.24 bits per heavy atom. The maximum absolute atomic E-state index is 14.2. The quantitative estimate of drug-likeness (QED) is 0.807. The molecule has 1 fully saturated rings. The fourth-order valence-electron chi connectivity index (χ4n) is 3.93. The molecule has 2 aromatic carbocycles. The Hall–Kier alpha value is -2.87. The van der Waals surface area contributed by atoms with Crippen LogP contribution < -0.4 is 10.6 Å². The van der Waals surface area contributed by atoms with E-state index in [1.165, 1.54) is 22.7 Å². The van der Waals surface area contributed by atoms with Crippen molar-refractivity contribution in [3.8, 4) is 11.1 Å². The molecule has 0 bridgehead atoms. The number of benzene rings is 2. The van der Waals surface area contributed by atoms with Crippen LogP contribution in [0.5, 0.6) is 0 Å². The number of hydrogen-bond donors (Lipinski definition) is 2. The molecule has 0 unspecified atom stereocenters. The second-order valence-electron chi connectivity index (χ2n) is 7.07. The van der Waals surface area contributed by atoms with E-state index in [0.29, 0.717) is 41.1 Å². The van der Waals surface area contributed by atoms with Gasteiger partial charge in [-0.1, -0.05) is 24.3 Å². The molecule has 2 N–H and O–H groups in total. The molecule has 2 aromatic rings. The standard InChI is InChI=1S/C21H20FN3O3S/c1-29-11-18(26)23-17-8-9-25-19(17)20(27)24-16-7-6-12(10-14(16)21(25)28)13-4-2-3-5-15(13)22/h2-7,10,17,19H,8-9,11H2,1H3,(H,23,26)(H,24,27)/t17-,19+/m1/s1. The first-order valence-electron chi connectivity index (χ1n) is 9.28. The molecule has 2 aliphatic rings. The van der Waals surface area contributed by atoms with Crippen molar-refractivity contribution in [1.82, 2.24) is 10.2 Å². The number of carbonyl (C=O) groups excluding carboxylic acids is 3. The highest BCUT2D eigenvalue weighted by Gasteiger charge is 2.45. The van der Waals surface area contributed by atoms with Crippen LogP contribution in [0.4, 0.5) is 10.1 Å². The van der Waals surface area contributed by atoms with Crippen LogP contribution in [0.1, 0.15) is 16.8 Å². The Kier molecular flexibility index (Phi) is 5.27. The lowest BCUT2D eigenvalue weighted by atomic mass is 10.0. The van der Waals surface area contributed by atoms with Gasteiger partial charge in [0.15, 0.2) is 0 Å². The van der Waals surface area contributed by atoms with E-state index in [9.17, 15) is 18.8 Å². The number of nitrogens with zero attached hydrogens (tertiary/aromatic N) is 1. The molecular formula is C21H20FN3O3S. The Morgan fingerprint density at radius 2 is 2.03 bits per heavy atom. The third-order valence-corrected chi connectivity index (χ3v) is 5.79. The van der Waals surface area contributed by atoms with Crippen molar-refractivity contribution in [1.29, 1.82) is 0 Å². The molecule has 0 aromatic heterocycles. The summed E-state index contributed by atoms with van der Waals surface area (Å²) >= 11 is 1.39. The monoisotopic (exact) mass is 413 g/mol. The third kappa shape index (κ3) is 3.60. The van der Waals surface area contributed by atoms with Crippen molar-refractivity contribution in [3.63, 3.8) is 0 Å². The first-order valence-corrected chi connectivity index (χ1v) is 10.7. The normalized spacial score (nSPS) is 20.6. The van der Waals surface area contributed by atoms with E-state index >= 15 is 0 Å². The van der Waals surface area contributed by atoms with E-state index in [4.69, 9.17) is 0 Å². The largest absolute Gasteiger partial charge is 0.350 e. The lowest BCUT2D eigenvalue weighted by Crippen LogP contribution is -2.51. The molecule has 4 rings (SSSR count). The molecule has 2 heterocycles. The summed E-state index contributed by atoms with van der Waals surface area (Å²) in [7, 11) is 0. The highest BCUT2D eigenvalue weighted by Crippen LogP contribution is 2.33. The molecule has 29 heavy (non-hydrogen) atoms. The van der Waals surface area contributed by atoms with E-state index < -0.39 is 12.1 Å². The van der Waals surface area contributed by atoms with Crippen LogP contribution in [-0.2, 0) is 9.59 Å². The number of halogens is 1. The van der Waals surface area contributed by atoms with E-state index in [1.807, 2.05) is 6.26 Å². The summed E-state index contributed by atoms with van der Waals surface area (Å²) in [4.78, 5) is 39.5. The zero-order valence-corrected chi connectivity index (χ0v) is 16.6. The predicted molar refractivity (Wildman–Crippen MR) is 110 cm³/mol. The van der Waals surface area contributed by atoms with Crippen LogP contribution in [0, 0.1) is 5.82 Å². The zero-order valence-electron chi connectivity index (χ0n) is 15.8. The molecule has 2 aliphatic heterocycles. The Bertz CT molecular complexity index is 997. The fraction of sp³-hybridized carbons (Fsp3) is 0.286. The Balaban J connectivity index is 1.67. The minimum Gasteiger partial charge on any atom is -0.350 e. The highest BCUT2D eigenvalue weighted by molar-refractivity contribution is 7.99. The molecule has 6 nitrogen and oxygen atoms in total.